The van der Waals surface area contributed by atoms with Crippen molar-refractivity contribution in [1.29, 1.82) is 0 Å². The summed E-state index contributed by atoms with van der Waals surface area (Å²) in [5.41, 5.74) is 5.25. The van der Waals surface area contributed by atoms with Crippen molar-refractivity contribution in [3.8, 4) is 11.5 Å². The van der Waals surface area contributed by atoms with E-state index in [1.807, 2.05) is 30.3 Å². The lowest BCUT2D eigenvalue weighted by molar-refractivity contribution is -0.138. The number of furan rings is 1. The molecule has 0 spiro atoms. The maximum atomic E-state index is 15.2. The first-order valence-corrected chi connectivity index (χ1v) is 18.9. The van der Waals surface area contributed by atoms with Crippen molar-refractivity contribution >= 4 is 57.7 Å². The summed E-state index contributed by atoms with van der Waals surface area (Å²) in [4.78, 5) is 64.7. The second kappa shape index (κ2) is 13.1. The molecule has 1 saturated carbocycles. The van der Waals surface area contributed by atoms with Gasteiger partial charge in [0, 0.05) is 10.6 Å². The number of halogens is 2. The third-order valence-corrected chi connectivity index (χ3v) is 12.3. The van der Waals surface area contributed by atoms with E-state index in [1.165, 1.54) is 29.2 Å². The summed E-state index contributed by atoms with van der Waals surface area (Å²) in [5, 5.41) is 11.4. The summed E-state index contributed by atoms with van der Waals surface area (Å²) in [6.07, 6.45) is 2.20. The van der Waals surface area contributed by atoms with E-state index >= 15 is 4.79 Å². The van der Waals surface area contributed by atoms with Gasteiger partial charge in [0.1, 0.15) is 34.9 Å². The fraction of sp³-hybridized carbons (Fsp3) is 0.205. The van der Waals surface area contributed by atoms with Crippen molar-refractivity contribution in [3.63, 3.8) is 0 Å². The number of oxazole rings is 1. The number of imide groups is 2. The molecule has 10 rings (SSSR count). The van der Waals surface area contributed by atoms with E-state index in [-0.39, 0.29) is 24.5 Å². The van der Waals surface area contributed by atoms with Crippen molar-refractivity contribution in [2.75, 3.05) is 10.3 Å². The third-order valence-electron chi connectivity index (χ3n) is 12.0. The van der Waals surface area contributed by atoms with Gasteiger partial charge in [-0.25, -0.2) is 9.37 Å². The molecular formula is C44H32ClFN4O7. The summed E-state index contributed by atoms with van der Waals surface area (Å²) in [6, 6.07) is 29.6. The van der Waals surface area contributed by atoms with Gasteiger partial charge in [-0.1, -0.05) is 47.5 Å². The summed E-state index contributed by atoms with van der Waals surface area (Å²) in [7, 11) is 0. The Hall–Kier alpha value is -6.37. The van der Waals surface area contributed by atoms with Crippen LogP contribution in [-0.2, 0) is 31.2 Å². The Balaban J connectivity index is 1.07. The van der Waals surface area contributed by atoms with E-state index in [0.717, 1.165) is 5.01 Å². The van der Waals surface area contributed by atoms with Gasteiger partial charge >= 0.3 is 0 Å². The number of amides is 4. The molecule has 13 heteroatoms. The number of aliphatic hydroxyl groups is 1. The maximum absolute atomic E-state index is 15.2. The van der Waals surface area contributed by atoms with Crippen LogP contribution >= 0.6 is 11.6 Å². The zero-order chi connectivity index (χ0) is 39.2. The number of hydrazine groups is 1. The van der Waals surface area contributed by atoms with Gasteiger partial charge in [0.25, 0.3) is 11.8 Å². The first-order chi connectivity index (χ1) is 27.7. The number of nitrogens with zero attached hydrogens (tertiary/aromatic N) is 3. The van der Waals surface area contributed by atoms with Crippen LogP contribution in [0.5, 0.6) is 0 Å². The van der Waals surface area contributed by atoms with Crippen LogP contribution in [0.2, 0.25) is 5.02 Å². The topological polar surface area (TPSA) is 146 Å². The average molecular weight is 783 g/mol. The van der Waals surface area contributed by atoms with E-state index in [1.54, 1.807) is 60.7 Å². The van der Waals surface area contributed by atoms with E-state index < -0.39 is 65.2 Å². The summed E-state index contributed by atoms with van der Waals surface area (Å²) < 4.78 is 26.1. The van der Waals surface area contributed by atoms with Gasteiger partial charge in [-0.3, -0.25) is 29.5 Å². The molecule has 2 saturated heterocycles. The highest BCUT2D eigenvalue weighted by Gasteiger charge is 2.71. The molecular weight excluding hydrogens is 751 g/mol. The number of aromatic nitrogens is 1. The Morgan fingerprint density at radius 3 is 2.32 bits per heavy atom. The largest absolute Gasteiger partial charge is 0.463 e. The molecule has 2 aliphatic carbocycles. The second-order valence-corrected chi connectivity index (χ2v) is 15.3. The minimum absolute atomic E-state index is 0.0649. The van der Waals surface area contributed by atoms with Crippen molar-refractivity contribution in [2.45, 2.75) is 30.8 Å². The number of aliphatic hydroxyl groups excluding tert-OH is 1. The van der Waals surface area contributed by atoms with Crippen molar-refractivity contribution in [3.05, 3.63) is 149 Å². The van der Waals surface area contributed by atoms with Crippen molar-refractivity contribution < 1.29 is 37.5 Å². The molecule has 6 aromatic rings. The number of carbonyl (C=O) groups excluding carboxylic acids is 4. The molecule has 4 aliphatic rings. The Morgan fingerprint density at radius 1 is 0.842 bits per heavy atom. The van der Waals surface area contributed by atoms with Gasteiger partial charge in [0.15, 0.2) is 5.58 Å². The van der Waals surface area contributed by atoms with E-state index in [0.29, 0.717) is 55.8 Å². The molecule has 2 aromatic heterocycles. The summed E-state index contributed by atoms with van der Waals surface area (Å²) >= 11 is 6.36. The van der Waals surface area contributed by atoms with Crippen LogP contribution in [0.3, 0.4) is 0 Å². The monoisotopic (exact) mass is 782 g/mol. The standard InChI is InChI=1S/C44H32ClFN4O7/c45-25-9-7-24(8-10-25)44-33(41(53)50(43(44)55)48-27-13-11-26(46)12-14-27)21-32-30(38(44)36-20-17-29(22-51)56-36)18-19-31-37(32)42(54)49(40(31)52)28-15-5-23(6-16-28)39-47-34-3-1-2-4-35(34)57-39/h1-18,20,31-33,37-38,48,51H,19,21-22H2/t31-,32+,33-,37-,38+,44+/m0/s1. The molecule has 4 heterocycles. The number of benzene rings is 4. The lowest BCUT2D eigenvalue weighted by Gasteiger charge is -2.49. The number of nitrogens with one attached hydrogen (secondary N) is 1. The van der Waals surface area contributed by atoms with E-state index in [2.05, 4.69) is 10.4 Å². The summed E-state index contributed by atoms with van der Waals surface area (Å²) in [5.74, 6) is -5.54. The molecule has 0 radical (unpaired) electrons. The zero-order valence-corrected chi connectivity index (χ0v) is 30.7. The molecule has 2 aliphatic heterocycles. The Labute approximate surface area is 329 Å². The fourth-order valence-electron chi connectivity index (χ4n) is 9.60. The van der Waals surface area contributed by atoms with Crippen LogP contribution in [0.1, 0.15) is 35.8 Å². The van der Waals surface area contributed by atoms with Gasteiger partial charge in [-0.15, -0.1) is 0 Å². The highest BCUT2D eigenvalue weighted by Crippen LogP contribution is 2.64. The SMILES string of the molecule is O=C1[C@@H]2C[C@@H]3C(=CC[C@@H]4C(=O)N(c5ccc(-c6nc7ccccc7o6)cc5)C(=O)[C@@H]43)[C@H](c3ccc(CO)o3)[C@]2(c2ccc(Cl)cc2)C(=O)N1Nc1ccc(F)cc1. The van der Waals surface area contributed by atoms with Crippen LogP contribution in [0.25, 0.3) is 22.6 Å². The first kappa shape index (κ1) is 35.1. The number of para-hydroxylation sites is 2. The van der Waals surface area contributed by atoms with Crippen LogP contribution < -0.4 is 10.3 Å². The van der Waals surface area contributed by atoms with Crippen LogP contribution in [0.15, 0.2) is 130 Å². The third kappa shape index (κ3) is 5.24. The van der Waals surface area contributed by atoms with Gasteiger partial charge in [0.05, 0.1) is 35.0 Å². The maximum Gasteiger partial charge on any atom is 0.260 e. The highest BCUT2D eigenvalue weighted by molar-refractivity contribution is 6.30. The number of hydrogen-bond donors (Lipinski definition) is 2. The smallest absolute Gasteiger partial charge is 0.260 e. The predicted octanol–water partition coefficient (Wildman–Crippen LogP) is 7.56. The molecule has 3 fully saturated rings. The average Bonchev–Trinajstić information content (AvgIpc) is 3.99. The molecule has 57 heavy (non-hydrogen) atoms. The minimum Gasteiger partial charge on any atom is -0.463 e. The van der Waals surface area contributed by atoms with Crippen LogP contribution in [-0.4, -0.2) is 38.7 Å². The number of fused-ring (bicyclic) bond motifs is 5. The highest BCUT2D eigenvalue weighted by atomic mass is 35.5. The zero-order valence-electron chi connectivity index (χ0n) is 30.0. The molecule has 0 bridgehead atoms. The Bertz CT molecular complexity index is 2620. The van der Waals surface area contributed by atoms with E-state index in [9.17, 15) is 23.9 Å². The molecule has 2 N–H and O–H groups in total. The number of anilines is 2. The van der Waals surface area contributed by atoms with E-state index in [4.69, 9.17) is 20.4 Å². The normalized spacial score (nSPS) is 25.5. The fourth-order valence-corrected chi connectivity index (χ4v) is 9.73. The minimum atomic E-state index is -1.60. The van der Waals surface area contributed by atoms with Crippen LogP contribution in [0, 0.1) is 29.5 Å². The molecule has 4 aromatic carbocycles. The molecule has 6 atom stereocenters. The molecule has 11 nitrogen and oxygen atoms in total. The molecule has 284 valence electrons. The van der Waals surface area contributed by atoms with Crippen molar-refractivity contribution in [1.82, 2.24) is 9.99 Å². The quantitative estimate of drug-likeness (QED) is 0.124. The number of allylic oxidation sites excluding steroid dienone is 2. The number of hydrogen-bond acceptors (Lipinski definition) is 9. The lowest BCUT2D eigenvalue weighted by atomic mass is 9.50. The van der Waals surface area contributed by atoms with Gasteiger partial charge in [-0.2, -0.15) is 5.01 Å². The first-order valence-electron chi connectivity index (χ1n) is 18.6. The van der Waals surface area contributed by atoms with Crippen LogP contribution in [0.4, 0.5) is 15.8 Å². The molecule has 0 unspecified atom stereocenters. The Morgan fingerprint density at radius 2 is 1.60 bits per heavy atom. The molecule has 4 amide bonds. The Kier molecular flexibility index (Phi) is 8.06. The lowest BCUT2D eigenvalue weighted by Crippen LogP contribution is -2.53. The van der Waals surface area contributed by atoms with Gasteiger partial charge in [0.2, 0.25) is 17.7 Å². The van der Waals surface area contributed by atoms with Crippen molar-refractivity contribution in [2.24, 2.45) is 23.7 Å². The predicted molar refractivity (Wildman–Crippen MR) is 206 cm³/mol. The van der Waals surface area contributed by atoms with Gasteiger partial charge in [-0.05, 0) is 109 Å². The van der Waals surface area contributed by atoms with Gasteiger partial charge < -0.3 is 13.9 Å². The number of rotatable bonds is 7. The summed E-state index contributed by atoms with van der Waals surface area (Å²) in [6.45, 7) is -0.407. The number of carbonyl (C=O) groups is 4. The second-order valence-electron chi connectivity index (χ2n) is 14.9.